The van der Waals surface area contributed by atoms with Gasteiger partial charge in [0.05, 0.1) is 10.9 Å². The van der Waals surface area contributed by atoms with E-state index in [2.05, 4.69) is 11.6 Å². The Morgan fingerprint density at radius 2 is 2.16 bits per heavy atom. The first kappa shape index (κ1) is 17.6. The van der Waals surface area contributed by atoms with Gasteiger partial charge in [-0.1, -0.05) is 18.9 Å². The second-order valence-corrected chi connectivity index (χ2v) is 6.81. The van der Waals surface area contributed by atoms with E-state index in [0.29, 0.717) is 34.3 Å². The summed E-state index contributed by atoms with van der Waals surface area (Å²) in [6, 6.07) is 5.45. The molecule has 5 nitrogen and oxygen atoms in total. The standard InChI is InChI=1S/C19H23N3O2S/c1-3-11-22(14-7-5-6-8-14)17(23)13-9-10-15-16(12-13)20-19(25)21(4-2)18(15)24/h3,9-10,12,14H,1,4-8,11H2,2H3,(H,20,25). The summed E-state index contributed by atoms with van der Waals surface area (Å²) in [5.41, 5.74) is 1.05. The van der Waals surface area contributed by atoms with Gasteiger partial charge in [-0.15, -0.1) is 6.58 Å². The fourth-order valence-corrected chi connectivity index (χ4v) is 3.92. The number of fused-ring (bicyclic) bond motifs is 1. The molecule has 2 aromatic rings. The van der Waals surface area contributed by atoms with Crippen molar-refractivity contribution in [2.75, 3.05) is 6.54 Å². The first-order valence-electron chi connectivity index (χ1n) is 8.75. The molecule has 0 radical (unpaired) electrons. The summed E-state index contributed by atoms with van der Waals surface area (Å²) in [6.45, 7) is 6.71. The van der Waals surface area contributed by atoms with E-state index in [1.165, 1.54) is 4.57 Å². The normalized spacial score (nSPS) is 14.8. The lowest BCUT2D eigenvalue weighted by molar-refractivity contribution is 0.0706. The Morgan fingerprint density at radius 1 is 1.44 bits per heavy atom. The number of nitrogens with one attached hydrogen (secondary N) is 1. The van der Waals surface area contributed by atoms with E-state index in [1.54, 1.807) is 24.3 Å². The molecule has 1 aromatic carbocycles. The molecule has 0 unspecified atom stereocenters. The topological polar surface area (TPSA) is 58.1 Å². The summed E-state index contributed by atoms with van der Waals surface area (Å²) in [5.74, 6) is -0.0207. The van der Waals surface area contributed by atoms with E-state index in [4.69, 9.17) is 12.2 Å². The van der Waals surface area contributed by atoms with Crippen molar-refractivity contribution in [3.8, 4) is 0 Å². The van der Waals surface area contributed by atoms with Crippen molar-refractivity contribution in [2.45, 2.75) is 45.2 Å². The van der Waals surface area contributed by atoms with E-state index in [9.17, 15) is 9.59 Å². The van der Waals surface area contributed by atoms with Crippen LogP contribution in [0, 0.1) is 4.77 Å². The summed E-state index contributed by atoms with van der Waals surface area (Å²) < 4.78 is 1.89. The van der Waals surface area contributed by atoms with E-state index >= 15 is 0 Å². The van der Waals surface area contributed by atoms with Crippen molar-refractivity contribution in [1.82, 2.24) is 14.5 Å². The number of hydrogen-bond acceptors (Lipinski definition) is 3. The Labute approximate surface area is 152 Å². The number of H-pyrrole nitrogens is 1. The molecule has 1 saturated carbocycles. The van der Waals surface area contributed by atoms with E-state index in [-0.39, 0.29) is 17.5 Å². The SMILES string of the molecule is C=CCN(C(=O)c1ccc2c(=O)n(CC)c(=S)[nH]c2c1)C1CCCC1. The molecule has 1 N–H and O–H groups in total. The van der Waals surface area contributed by atoms with Crippen molar-refractivity contribution in [1.29, 1.82) is 0 Å². The van der Waals surface area contributed by atoms with Crippen LogP contribution in [0.2, 0.25) is 0 Å². The maximum absolute atomic E-state index is 13.0. The van der Waals surface area contributed by atoms with Crippen molar-refractivity contribution in [3.05, 3.63) is 51.5 Å². The van der Waals surface area contributed by atoms with Crippen LogP contribution in [0.25, 0.3) is 10.9 Å². The van der Waals surface area contributed by atoms with Gasteiger partial charge >= 0.3 is 0 Å². The highest BCUT2D eigenvalue weighted by Gasteiger charge is 2.26. The monoisotopic (exact) mass is 357 g/mol. The van der Waals surface area contributed by atoms with Gasteiger partial charge in [0.2, 0.25) is 0 Å². The maximum Gasteiger partial charge on any atom is 0.262 e. The Morgan fingerprint density at radius 3 is 2.80 bits per heavy atom. The molecule has 1 aliphatic carbocycles. The van der Waals surface area contributed by atoms with Gasteiger partial charge in [0.15, 0.2) is 4.77 Å². The molecule has 1 fully saturated rings. The van der Waals surface area contributed by atoms with Crippen molar-refractivity contribution in [2.24, 2.45) is 0 Å². The predicted octanol–water partition coefficient (Wildman–Crippen LogP) is 3.65. The van der Waals surface area contributed by atoms with Crippen LogP contribution in [0.15, 0.2) is 35.6 Å². The average Bonchev–Trinajstić information content (AvgIpc) is 3.13. The van der Waals surface area contributed by atoms with Gasteiger partial charge in [-0.2, -0.15) is 0 Å². The number of carbonyl (C=O) groups excluding carboxylic acids is 1. The van der Waals surface area contributed by atoms with Gasteiger partial charge in [-0.25, -0.2) is 0 Å². The van der Waals surface area contributed by atoms with Gasteiger partial charge in [0.1, 0.15) is 0 Å². The largest absolute Gasteiger partial charge is 0.332 e. The molecule has 6 heteroatoms. The van der Waals surface area contributed by atoms with Crippen LogP contribution < -0.4 is 5.56 Å². The summed E-state index contributed by atoms with van der Waals surface area (Å²) in [7, 11) is 0. The molecular formula is C19H23N3O2S. The molecular weight excluding hydrogens is 334 g/mol. The molecule has 0 saturated heterocycles. The summed E-state index contributed by atoms with van der Waals surface area (Å²) >= 11 is 5.25. The average molecular weight is 357 g/mol. The van der Waals surface area contributed by atoms with E-state index < -0.39 is 0 Å². The second kappa shape index (κ2) is 7.35. The number of hydrogen-bond donors (Lipinski definition) is 1. The van der Waals surface area contributed by atoms with Gasteiger partial charge < -0.3 is 9.88 Å². The highest BCUT2D eigenvalue weighted by atomic mass is 32.1. The van der Waals surface area contributed by atoms with Crippen molar-refractivity contribution < 1.29 is 4.79 Å². The predicted molar refractivity (Wildman–Crippen MR) is 103 cm³/mol. The lowest BCUT2D eigenvalue weighted by Crippen LogP contribution is -2.39. The van der Waals surface area contributed by atoms with E-state index in [0.717, 1.165) is 25.7 Å². The molecule has 0 aliphatic heterocycles. The molecule has 1 amide bonds. The molecule has 0 spiro atoms. The molecule has 3 rings (SSSR count). The number of aromatic nitrogens is 2. The fraction of sp³-hybridized carbons (Fsp3) is 0.421. The van der Waals surface area contributed by atoms with Crippen LogP contribution in [0.3, 0.4) is 0 Å². The first-order valence-corrected chi connectivity index (χ1v) is 9.16. The Bertz CT molecular complexity index is 922. The third-order valence-electron chi connectivity index (χ3n) is 4.90. The third-order valence-corrected chi connectivity index (χ3v) is 5.22. The van der Waals surface area contributed by atoms with Crippen LogP contribution in [0.1, 0.15) is 43.0 Å². The van der Waals surface area contributed by atoms with Crippen LogP contribution in [-0.4, -0.2) is 32.9 Å². The van der Waals surface area contributed by atoms with Gasteiger partial charge in [-0.05, 0) is 50.2 Å². The summed E-state index contributed by atoms with van der Waals surface area (Å²) in [5, 5.41) is 0.545. The maximum atomic E-state index is 13.0. The molecule has 1 heterocycles. The highest BCUT2D eigenvalue weighted by molar-refractivity contribution is 7.71. The molecule has 0 bridgehead atoms. The summed E-state index contributed by atoms with van der Waals surface area (Å²) in [6.07, 6.45) is 6.16. The number of rotatable bonds is 5. The minimum absolute atomic E-state index is 0.0207. The van der Waals surface area contributed by atoms with Crippen molar-refractivity contribution >= 4 is 29.0 Å². The smallest absolute Gasteiger partial charge is 0.262 e. The second-order valence-electron chi connectivity index (χ2n) is 6.42. The van der Waals surface area contributed by atoms with E-state index in [1.807, 2.05) is 11.8 Å². The Hall–Kier alpha value is -2.21. The highest BCUT2D eigenvalue weighted by Crippen LogP contribution is 2.25. The number of carbonyl (C=O) groups is 1. The first-order chi connectivity index (χ1) is 12.1. The minimum atomic E-state index is -0.126. The number of amides is 1. The number of nitrogens with zero attached hydrogens (tertiary/aromatic N) is 2. The lowest BCUT2D eigenvalue weighted by atomic mass is 10.1. The zero-order valence-corrected chi connectivity index (χ0v) is 15.3. The Kier molecular flexibility index (Phi) is 5.18. The minimum Gasteiger partial charge on any atom is -0.332 e. The Balaban J connectivity index is 2.03. The summed E-state index contributed by atoms with van der Waals surface area (Å²) in [4.78, 5) is 30.5. The number of aromatic amines is 1. The van der Waals surface area contributed by atoms with Crippen LogP contribution in [0.5, 0.6) is 0 Å². The number of benzene rings is 1. The van der Waals surface area contributed by atoms with Gasteiger partial charge in [0.25, 0.3) is 11.5 Å². The van der Waals surface area contributed by atoms with Gasteiger partial charge in [-0.3, -0.25) is 14.2 Å². The molecule has 132 valence electrons. The van der Waals surface area contributed by atoms with Crippen LogP contribution >= 0.6 is 12.2 Å². The molecule has 25 heavy (non-hydrogen) atoms. The van der Waals surface area contributed by atoms with Crippen LogP contribution in [-0.2, 0) is 6.54 Å². The van der Waals surface area contributed by atoms with Gasteiger partial charge in [0, 0.05) is 24.7 Å². The lowest BCUT2D eigenvalue weighted by Gasteiger charge is -2.28. The zero-order chi connectivity index (χ0) is 18.0. The molecule has 0 atom stereocenters. The fourth-order valence-electron chi connectivity index (χ4n) is 3.59. The zero-order valence-electron chi connectivity index (χ0n) is 14.5. The molecule has 1 aromatic heterocycles. The van der Waals surface area contributed by atoms with Crippen molar-refractivity contribution in [3.63, 3.8) is 0 Å². The van der Waals surface area contributed by atoms with Crippen LogP contribution in [0.4, 0.5) is 0 Å². The molecule has 1 aliphatic rings. The third kappa shape index (κ3) is 3.31. The quantitative estimate of drug-likeness (QED) is 0.656.